The zero-order valence-electron chi connectivity index (χ0n) is 34.2. The SMILES string of the molecule is N#Cc1cc(-c2nc(-c3ccccc3)nc(-c3ccccc3)n2)ccc1-n1c2ccccc2c2c3c4ccccc4n(-c4cc(-c5ccccc5)nc(-c5ccccc5)n4)c3ccc21. The van der Waals surface area contributed by atoms with Gasteiger partial charge in [0.05, 0.1) is 39.0 Å². The lowest BCUT2D eigenvalue weighted by Crippen LogP contribution is -2.02. The van der Waals surface area contributed by atoms with E-state index in [4.69, 9.17) is 24.9 Å². The van der Waals surface area contributed by atoms with Crippen LogP contribution < -0.4 is 0 Å². The third-order valence-corrected chi connectivity index (χ3v) is 11.8. The normalized spacial score (nSPS) is 11.4. The van der Waals surface area contributed by atoms with Crippen LogP contribution in [0.25, 0.3) is 112 Å². The van der Waals surface area contributed by atoms with E-state index in [0.717, 1.165) is 88.6 Å². The van der Waals surface area contributed by atoms with Gasteiger partial charge in [-0.3, -0.25) is 4.57 Å². The lowest BCUT2D eigenvalue weighted by atomic mass is 10.1. The number of fused-ring (bicyclic) bond motifs is 7. The first-order valence-electron chi connectivity index (χ1n) is 21.1. The largest absolute Gasteiger partial charge is 0.308 e. The molecule has 0 amide bonds. The smallest absolute Gasteiger partial charge is 0.164 e. The predicted molar refractivity (Wildman–Crippen MR) is 256 cm³/mol. The van der Waals surface area contributed by atoms with Gasteiger partial charge in [0.1, 0.15) is 11.9 Å². The van der Waals surface area contributed by atoms with E-state index in [1.165, 1.54) is 0 Å². The number of nitriles is 1. The van der Waals surface area contributed by atoms with E-state index in [-0.39, 0.29) is 0 Å². The third kappa shape index (κ3) is 6.11. The predicted octanol–water partition coefficient (Wildman–Crippen LogP) is 13.1. The molecule has 12 rings (SSSR count). The van der Waals surface area contributed by atoms with Gasteiger partial charge in [0.2, 0.25) is 0 Å². The topological polar surface area (TPSA) is 98.1 Å². The van der Waals surface area contributed by atoms with Gasteiger partial charge in [-0.05, 0) is 42.5 Å². The number of aromatic nitrogens is 7. The molecule has 8 heteroatoms. The molecule has 64 heavy (non-hydrogen) atoms. The molecule has 4 heterocycles. The second kappa shape index (κ2) is 15.1. The van der Waals surface area contributed by atoms with Gasteiger partial charge in [-0.15, -0.1) is 0 Å². The van der Waals surface area contributed by atoms with Crippen molar-refractivity contribution in [2.75, 3.05) is 0 Å². The molecular formula is C56H34N8. The fourth-order valence-corrected chi connectivity index (χ4v) is 8.94. The van der Waals surface area contributed by atoms with E-state index < -0.39 is 0 Å². The Balaban J connectivity index is 1.07. The Morgan fingerprint density at radius 2 is 0.781 bits per heavy atom. The van der Waals surface area contributed by atoms with Crippen LogP contribution in [0.1, 0.15) is 5.56 Å². The summed E-state index contributed by atoms with van der Waals surface area (Å²) in [6, 6.07) is 72.0. The highest BCUT2D eigenvalue weighted by molar-refractivity contribution is 6.29. The highest BCUT2D eigenvalue weighted by Crippen LogP contribution is 2.43. The Bertz CT molecular complexity index is 3660. The first-order valence-corrected chi connectivity index (χ1v) is 21.1. The summed E-state index contributed by atoms with van der Waals surface area (Å²) in [6.45, 7) is 0. The maximum Gasteiger partial charge on any atom is 0.164 e. The second-order valence-electron chi connectivity index (χ2n) is 15.6. The zero-order chi connectivity index (χ0) is 42.6. The summed E-state index contributed by atoms with van der Waals surface area (Å²) in [4.78, 5) is 25.1. The average Bonchev–Trinajstić information content (AvgIpc) is 3.90. The quantitative estimate of drug-likeness (QED) is 0.159. The number of benzene rings is 8. The maximum atomic E-state index is 10.9. The Morgan fingerprint density at radius 3 is 1.31 bits per heavy atom. The number of rotatable bonds is 7. The summed E-state index contributed by atoms with van der Waals surface area (Å²) in [5.41, 5.74) is 10.5. The van der Waals surface area contributed by atoms with Crippen LogP contribution in [0.2, 0.25) is 0 Å². The monoisotopic (exact) mass is 818 g/mol. The van der Waals surface area contributed by atoms with E-state index in [1.807, 2.05) is 127 Å². The minimum absolute atomic E-state index is 0.489. The molecule has 4 aromatic heterocycles. The fourth-order valence-electron chi connectivity index (χ4n) is 8.94. The molecule has 0 radical (unpaired) electrons. The highest BCUT2D eigenvalue weighted by atomic mass is 15.1. The van der Waals surface area contributed by atoms with Gasteiger partial charge in [0.25, 0.3) is 0 Å². The Kier molecular flexibility index (Phi) is 8.69. The van der Waals surface area contributed by atoms with E-state index >= 15 is 0 Å². The first-order chi connectivity index (χ1) is 31.7. The van der Waals surface area contributed by atoms with Crippen molar-refractivity contribution < 1.29 is 0 Å². The van der Waals surface area contributed by atoms with Gasteiger partial charge in [0, 0.05) is 55.4 Å². The molecular weight excluding hydrogens is 785 g/mol. The van der Waals surface area contributed by atoms with Crippen molar-refractivity contribution in [2.45, 2.75) is 0 Å². The molecule has 12 aromatic rings. The first kappa shape index (κ1) is 36.8. The van der Waals surface area contributed by atoms with Crippen LogP contribution in [0.5, 0.6) is 0 Å². The Labute approximate surface area is 367 Å². The lowest BCUT2D eigenvalue weighted by molar-refractivity contribution is 1.05. The van der Waals surface area contributed by atoms with E-state index in [0.29, 0.717) is 28.9 Å². The molecule has 8 aromatic carbocycles. The number of para-hydroxylation sites is 2. The molecule has 0 atom stereocenters. The van der Waals surface area contributed by atoms with Crippen LogP contribution in [0, 0.1) is 11.3 Å². The average molecular weight is 819 g/mol. The van der Waals surface area contributed by atoms with Crippen LogP contribution in [0.4, 0.5) is 0 Å². The van der Waals surface area contributed by atoms with Gasteiger partial charge in [-0.25, -0.2) is 24.9 Å². The molecule has 0 unspecified atom stereocenters. The molecule has 0 N–H and O–H groups in total. The van der Waals surface area contributed by atoms with Crippen LogP contribution in [0.3, 0.4) is 0 Å². The summed E-state index contributed by atoms with van der Waals surface area (Å²) in [6.07, 6.45) is 0. The van der Waals surface area contributed by atoms with Crippen molar-refractivity contribution in [1.29, 1.82) is 5.26 Å². The van der Waals surface area contributed by atoms with Gasteiger partial charge in [0.15, 0.2) is 23.3 Å². The summed E-state index contributed by atoms with van der Waals surface area (Å²) < 4.78 is 4.47. The van der Waals surface area contributed by atoms with Crippen LogP contribution in [0.15, 0.2) is 206 Å². The fraction of sp³-hybridized carbons (Fsp3) is 0. The number of nitrogens with zero attached hydrogens (tertiary/aromatic N) is 8. The molecule has 0 aliphatic rings. The van der Waals surface area contributed by atoms with Crippen molar-refractivity contribution in [3.05, 3.63) is 212 Å². The third-order valence-electron chi connectivity index (χ3n) is 11.8. The van der Waals surface area contributed by atoms with Crippen molar-refractivity contribution >= 4 is 43.6 Å². The molecule has 8 nitrogen and oxygen atoms in total. The molecule has 0 spiro atoms. The van der Waals surface area contributed by atoms with Crippen molar-refractivity contribution in [3.8, 4) is 74.4 Å². The summed E-state index contributed by atoms with van der Waals surface area (Å²) >= 11 is 0. The van der Waals surface area contributed by atoms with Gasteiger partial charge in [-0.1, -0.05) is 158 Å². The number of hydrogen-bond donors (Lipinski definition) is 0. The standard InChI is InChI=1S/C56H34N8/c57-35-41-33-40(56-61-54(38-21-9-3-10-22-38)60-55(62-56)39-23-11-4-12-24-39)29-30-45(41)63-46-27-15-13-25-42(46)51-48(63)31-32-49-52(51)43-26-14-16-28-47(43)64(49)50-34-44(36-17-5-1-6-18-36)58-53(59-50)37-19-7-2-8-20-37/h1-34H. The maximum absolute atomic E-state index is 10.9. The van der Waals surface area contributed by atoms with Crippen LogP contribution >= 0.6 is 0 Å². The van der Waals surface area contributed by atoms with Crippen molar-refractivity contribution in [2.24, 2.45) is 0 Å². The van der Waals surface area contributed by atoms with E-state index in [1.54, 1.807) is 0 Å². The molecule has 0 saturated heterocycles. The summed E-state index contributed by atoms with van der Waals surface area (Å²) in [5, 5.41) is 15.3. The molecule has 0 aliphatic heterocycles. The molecule has 0 saturated carbocycles. The number of hydrogen-bond acceptors (Lipinski definition) is 6. The van der Waals surface area contributed by atoms with Gasteiger partial charge in [-0.2, -0.15) is 5.26 Å². The Hall–Kier alpha value is -9.06. The molecule has 0 fully saturated rings. The minimum atomic E-state index is 0.489. The summed E-state index contributed by atoms with van der Waals surface area (Å²) in [5.74, 6) is 3.04. The second-order valence-corrected chi connectivity index (χ2v) is 15.6. The molecule has 0 bridgehead atoms. The van der Waals surface area contributed by atoms with Crippen molar-refractivity contribution in [1.82, 2.24) is 34.1 Å². The summed E-state index contributed by atoms with van der Waals surface area (Å²) in [7, 11) is 0. The van der Waals surface area contributed by atoms with Crippen LogP contribution in [-0.4, -0.2) is 34.1 Å². The minimum Gasteiger partial charge on any atom is -0.308 e. The zero-order valence-corrected chi connectivity index (χ0v) is 34.2. The molecule has 0 aliphatic carbocycles. The van der Waals surface area contributed by atoms with Gasteiger partial charge < -0.3 is 4.57 Å². The van der Waals surface area contributed by atoms with Crippen LogP contribution in [-0.2, 0) is 0 Å². The van der Waals surface area contributed by atoms with Gasteiger partial charge >= 0.3 is 0 Å². The van der Waals surface area contributed by atoms with E-state index in [9.17, 15) is 5.26 Å². The lowest BCUT2D eigenvalue weighted by Gasteiger charge is -2.13. The van der Waals surface area contributed by atoms with Crippen molar-refractivity contribution in [3.63, 3.8) is 0 Å². The van der Waals surface area contributed by atoms with E-state index in [2.05, 4.69) is 94.1 Å². The molecule has 298 valence electrons. The highest BCUT2D eigenvalue weighted by Gasteiger charge is 2.23. The Morgan fingerprint density at radius 1 is 0.344 bits per heavy atom.